The zero-order valence-electron chi connectivity index (χ0n) is 9.39. The number of aryl methyl sites for hydroxylation is 1. The highest BCUT2D eigenvalue weighted by molar-refractivity contribution is 5.18. The summed E-state index contributed by atoms with van der Waals surface area (Å²) in [5, 5.41) is 2.91. The van der Waals surface area contributed by atoms with Crippen LogP contribution in [0.4, 0.5) is 0 Å². The van der Waals surface area contributed by atoms with Gasteiger partial charge in [0, 0.05) is 17.8 Å². The highest BCUT2D eigenvalue weighted by atomic mass is 16.1. The van der Waals surface area contributed by atoms with Crippen molar-refractivity contribution in [3.63, 3.8) is 0 Å². The molecule has 1 aromatic heterocycles. The summed E-state index contributed by atoms with van der Waals surface area (Å²) in [5.74, 6) is 0. The molecule has 0 amide bonds. The molecule has 0 unspecified atom stereocenters. The van der Waals surface area contributed by atoms with E-state index >= 15 is 0 Å². The molecule has 14 heavy (non-hydrogen) atoms. The third kappa shape index (κ3) is 2.08. The molecule has 1 rings (SSSR count). The summed E-state index contributed by atoms with van der Waals surface area (Å²) >= 11 is 0. The molecule has 0 saturated carbocycles. The second-order valence-corrected chi connectivity index (χ2v) is 3.62. The van der Waals surface area contributed by atoms with Crippen LogP contribution in [0.2, 0.25) is 0 Å². The first-order chi connectivity index (χ1) is 6.74. The Balaban J connectivity index is 3.09. The van der Waals surface area contributed by atoms with Gasteiger partial charge in [0.1, 0.15) is 0 Å². The molecule has 0 fully saturated rings. The van der Waals surface area contributed by atoms with Crippen LogP contribution in [0.5, 0.6) is 0 Å². The average Bonchev–Trinajstić information content (AvgIpc) is 2.44. The van der Waals surface area contributed by atoms with Crippen LogP contribution < -0.4 is 5.56 Å². The molecule has 0 aliphatic rings. The van der Waals surface area contributed by atoms with E-state index in [0.29, 0.717) is 0 Å². The standard InChI is InChI=1S/C11H20N2O/c1-4-7-10-9(6-3)11(14)12-13(10)8-5-2/h4-8H2,1-3H3,(H,12,14). The lowest BCUT2D eigenvalue weighted by Crippen LogP contribution is -2.07. The molecule has 80 valence electrons. The Morgan fingerprint density at radius 1 is 1.21 bits per heavy atom. The number of H-pyrrole nitrogens is 1. The fraction of sp³-hybridized carbons (Fsp3) is 0.727. The predicted octanol–water partition coefficient (Wildman–Crippen LogP) is 2.10. The molecule has 3 heteroatoms. The molecule has 0 aromatic carbocycles. The minimum absolute atomic E-state index is 0.101. The summed E-state index contributed by atoms with van der Waals surface area (Å²) in [6.07, 6.45) is 3.99. The molecular weight excluding hydrogens is 176 g/mol. The summed E-state index contributed by atoms with van der Waals surface area (Å²) in [7, 11) is 0. The van der Waals surface area contributed by atoms with E-state index in [1.807, 2.05) is 11.6 Å². The van der Waals surface area contributed by atoms with E-state index in [9.17, 15) is 4.79 Å². The van der Waals surface area contributed by atoms with Gasteiger partial charge in [-0.25, -0.2) is 0 Å². The van der Waals surface area contributed by atoms with Crippen molar-refractivity contribution in [2.24, 2.45) is 0 Å². The zero-order chi connectivity index (χ0) is 10.6. The van der Waals surface area contributed by atoms with Gasteiger partial charge in [0.25, 0.3) is 5.56 Å². The predicted molar refractivity (Wildman–Crippen MR) is 58.7 cm³/mol. The van der Waals surface area contributed by atoms with E-state index in [-0.39, 0.29) is 5.56 Å². The smallest absolute Gasteiger partial charge is 0.267 e. The van der Waals surface area contributed by atoms with Crippen LogP contribution in [0, 0.1) is 0 Å². The van der Waals surface area contributed by atoms with Gasteiger partial charge in [0.15, 0.2) is 0 Å². The first-order valence-corrected chi connectivity index (χ1v) is 5.55. The summed E-state index contributed by atoms with van der Waals surface area (Å²) in [4.78, 5) is 11.6. The van der Waals surface area contributed by atoms with Crippen LogP contribution in [0.1, 0.15) is 44.9 Å². The molecule has 1 heterocycles. The molecule has 0 atom stereocenters. The summed E-state index contributed by atoms with van der Waals surface area (Å²) in [5.41, 5.74) is 2.28. The lowest BCUT2D eigenvalue weighted by molar-refractivity contribution is 0.565. The van der Waals surface area contributed by atoms with Crippen LogP contribution in [0.15, 0.2) is 4.79 Å². The first-order valence-electron chi connectivity index (χ1n) is 5.55. The minimum atomic E-state index is 0.101. The van der Waals surface area contributed by atoms with Crippen molar-refractivity contribution in [2.75, 3.05) is 0 Å². The molecule has 3 nitrogen and oxygen atoms in total. The highest BCUT2D eigenvalue weighted by Gasteiger charge is 2.11. The quantitative estimate of drug-likeness (QED) is 0.769. The summed E-state index contributed by atoms with van der Waals surface area (Å²) in [6.45, 7) is 7.23. The largest absolute Gasteiger partial charge is 0.289 e. The number of nitrogens with one attached hydrogen (secondary N) is 1. The van der Waals surface area contributed by atoms with Gasteiger partial charge in [-0.1, -0.05) is 27.2 Å². The Morgan fingerprint density at radius 3 is 2.43 bits per heavy atom. The maximum Gasteiger partial charge on any atom is 0.267 e. The molecular formula is C11H20N2O. The highest BCUT2D eigenvalue weighted by Crippen LogP contribution is 2.08. The van der Waals surface area contributed by atoms with Gasteiger partial charge in [0.05, 0.1) is 0 Å². The minimum Gasteiger partial charge on any atom is -0.289 e. The van der Waals surface area contributed by atoms with Crippen LogP contribution in [-0.2, 0) is 19.4 Å². The Bertz CT molecular complexity index is 336. The van der Waals surface area contributed by atoms with Crippen LogP contribution in [0.3, 0.4) is 0 Å². The second-order valence-electron chi connectivity index (χ2n) is 3.62. The van der Waals surface area contributed by atoms with E-state index in [1.165, 1.54) is 5.69 Å². The molecule has 0 aliphatic heterocycles. The van der Waals surface area contributed by atoms with E-state index in [0.717, 1.165) is 37.8 Å². The van der Waals surface area contributed by atoms with E-state index in [2.05, 4.69) is 18.9 Å². The maximum atomic E-state index is 11.6. The third-order valence-corrected chi connectivity index (χ3v) is 2.47. The van der Waals surface area contributed by atoms with E-state index in [4.69, 9.17) is 0 Å². The van der Waals surface area contributed by atoms with Crippen molar-refractivity contribution >= 4 is 0 Å². The third-order valence-electron chi connectivity index (χ3n) is 2.47. The molecule has 0 saturated heterocycles. The normalized spacial score (nSPS) is 10.8. The van der Waals surface area contributed by atoms with Crippen molar-refractivity contribution < 1.29 is 0 Å². The number of hydrogen-bond acceptors (Lipinski definition) is 1. The zero-order valence-corrected chi connectivity index (χ0v) is 9.39. The molecule has 1 aromatic rings. The van der Waals surface area contributed by atoms with Gasteiger partial charge in [-0.15, -0.1) is 0 Å². The molecule has 0 radical (unpaired) electrons. The SMILES string of the molecule is CCCc1c(CC)c(=O)[nH]n1CCC. The lowest BCUT2D eigenvalue weighted by Gasteiger charge is -2.06. The van der Waals surface area contributed by atoms with Crippen LogP contribution in [0.25, 0.3) is 0 Å². The van der Waals surface area contributed by atoms with Crippen molar-refractivity contribution in [3.8, 4) is 0 Å². The lowest BCUT2D eigenvalue weighted by atomic mass is 10.1. The summed E-state index contributed by atoms with van der Waals surface area (Å²) in [6, 6.07) is 0. The van der Waals surface area contributed by atoms with Crippen molar-refractivity contribution in [1.82, 2.24) is 9.78 Å². The summed E-state index contributed by atoms with van der Waals surface area (Å²) < 4.78 is 2.02. The van der Waals surface area contributed by atoms with Crippen LogP contribution in [-0.4, -0.2) is 9.78 Å². The van der Waals surface area contributed by atoms with Crippen molar-refractivity contribution in [2.45, 2.75) is 53.0 Å². The van der Waals surface area contributed by atoms with Gasteiger partial charge in [-0.2, -0.15) is 0 Å². The topological polar surface area (TPSA) is 37.8 Å². The number of nitrogens with zero attached hydrogens (tertiary/aromatic N) is 1. The Hall–Kier alpha value is -0.990. The van der Waals surface area contributed by atoms with E-state index in [1.54, 1.807) is 0 Å². The second kappa shape index (κ2) is 5.03. The van der Waals surface area contributed by atoms with Gasteiger partial charge in [-0.05, 0) is 19.3 Å². The number of hydrogen-bond donors (Lipinski definition) is 1. The average molecular weight is 196 g/mol. The van der Waals surface area contributed by atoms with Gasteiger partial charge in [-0.3, -0.25) is 14.6 Å². The Kier molecular flexibility index (Phi) is 3.98. The Morgan fingerprint density at radius 2 is 1.93 bits per heavy atom. The number of rotatable bonds is 5. The number of aromatic nitrogens is 2. The number of aromatic amines is 1. The van der Waals surface area contributed by atoms with Crippen LogP contribution >= 0.6 is 0 Å². The fourth-order valence-corrected chi connectivity index (χ4v) is 1.85. The Labute approximate surface area is 85.1 Å². The molecule has 0 bridgehead atoms. The van der Waals surface area contributed by atoms with E-state index < -0.39 is 0 Å². The fourth-order valence-electron chi connectivity index (χ4n) is 1.85. The first kappa shape index (κ1) is 11.1. The maximum absolute atomic E-state index is 11.6. The monoisotopic (exact) mass is 196 g/mol. The molecule has 1 N–H and O–H groups in total. The van der Waals surface area contributed by atoms with Crippen molar-refractivity contribution in [1.29, 1.82) is 0 Å². The van der Waals surface area contributed by atoms with Crippen molar-refractivity contribution in [3.05, 3.63) is 21.6 Å². The van der Waals surface area contributed by atoms with Gasteiger partial charge >= 0.3 is 0 Å². The van der Waals surface area contributed by atoms with Gasteiger partial charge < -0.3 is 0 Å². The molecule has 0 spiro atoms. The molecule has 0 aliphatic carbocycles. The van der Waals surface area contributed by atoms with Gasteiger partial charge in [0.2, 0.25) is 0 Å².